The highest BCUT2D eigenvalue weighted by Gasteiger charge is 2.19. The topological polar surface area (TPSA) is 73.5 Å². The van der Waals surface area contributed by atoms with Gasteiger partial charge in [0.05, 0.1) is 27.3 Å². The molecule has 1 aromatic rings. The third-order valence-electron chi connectivity index (χ3n) is 3.08. The standard InChI is InChI=1S/C12H17N3O2/c1-16-10-5-8-3-4-15(12(13)14)7-9(8)6-11(10)17-2/h5-6H,3-4,7H2,1-2H3,(H3,13,14)/p+1. The van der Waals surface area contributed by atoms with Crippen LogP contribution in [0.15, 0.2) is 12.1 Å². The lowest BCUT2D eigenvalue weighted by atomic mass is 10.00. The van der Waals surface area contributed by atoms with Gasteiger partial charge >= 0.3 is 5.96 Å². The van der Waals surface area contributed by atoms with Crippen molar-refractivity contribution in [3.8, 4) is 11.5 Å². The number of methoxy groups -OCH3 is 2. The van der Waals surface area contributed by atoms with E-state index in [0.717, 1.165) is 31.0 Å². The molecule has 0 amide bonds. The second kappa shape index (κ2) is 4.53. The number of hydrogen-bond donors (Lipinski definition) is 2. The third-order valence-corrected chi connectivity index (χ3v) is 3.08. The van der Waals surface area contributed by atoms with Crippen molar-refractivity contribution in [3.05, 3.63) is 23.3 Å². The van der Waals surface area contributed by atoms with Crippen LogP contribution in [0.1, 0.15) is 11.1 Å². The van der Waals surface area contributed by atoms with Crippen molar-refractivity contribution in [2.75, 3.05) is 20.8 Å². The Labute approximate surface area is 101 Å². The molecule has 92 valence electrons. The van der Waals surface area contributed by atoms with Gasteiger partial charge in [-0.25, -0.2) is 0 Å². The maximum Gasteiger partial charge on any atom is 0.341 e. The number of nitrogens with two attached hydrogens (primary N) is 2. The molecular formula is C12H18N3O2+. The predicted octanol–water partition coefficient (Wildman–Crippen LogP) is 0.0458. The van der Waals surface area contributed by atoms with Crippen LogP contribution in [0.3, 0.4) is 0 Å². The van der Waals surface area contributed by atoms with Gasteiger partial charge in [0.25, 0.3) is 0 Å². The van der Waals surface area contributed by atoms with Crippen LogP contribution in [0.2, 0.25) is 0 Å². The summed E-state index contributed by atoms with van der Waals surface area (Å²) in [7, 11) is 3.28. The highest BCUT2D eigenvalue weighted by molar-refractivity contribution is 5.70. The minimum Gasteiger partial charge on any atom is -0.493 e. The van der Waals surface area contributed by atoms with Gasteiger partial charge in [0.15, 0.2) is 11.5 Å². The molecule has 1 aromatic carbocycles. The average Bonchev–Trinajstić information content (AvgIpc) is 2.36. The number of hydrogen-bond acceptors (Lipinski definition) is 2. The highest BCUT2D eigenvalue weighted by Crippen LogP contribution is 2.32. The maximum atomic E-state index is 5.62. The predicted molar refractivity (Wildman–Crippen MR) is 65.5 cm³/mol. The first-order chi connectivity index (χ1) is 8.15. The van der Waals surface area contributed by atoms with E-state index in [9.17, 15) is 0 Å². The molecular weight excluding hydrogens is 218 g/mol. The molecule has 0 unspecified atom stereocenters. The maximum absolute atomic E-state index is 5.62. The zero-order valence-corrected chi connectivity index (χ0v) is 10.2. The monoisotopic (exact) mass is 236 g/mol. The number of guanidine groups is 1. The van der Waals surface area contributed by atoms with Crippen LogP contribution in [-0.4, -0.2) is 31.3 Å². The summed E-state index contributed by atoms with van der Waals surface area (Å²) in [6.45, 7) is 1.56. The lowest BCUT2D eigenvalue weighted by Crippen LogP contribution is -2.38. The lowest BCUT2D eigenvalue weighted by Gasteiger charge is -2.21. The quantitative estimate of drug-likeness (QED) is 0.562. The number of benzene rings is 1. The average molecular weight is 236 g/mol. The third kappa shape index (κ3) is 2.13. The molecule has 2 rings (SSSR count). The van der Waals surface area contributed by atoms with Crippen molar-refractivity contribution >= 4 is 5.96 Å². The molecule has 1 aliphatic rings. The van der Waals surface area contributed by atoms with Crippen molar-refractivity contribution in [2.45, 2.75) is 13.0 Å². The summed E-state index contributed by atoms with van der Waals surface area (Å²) in [5.74, 6) is 1.87. The van der Waals surface area contributed by atoms with Gasteiger partial charge in [-0.15, -0.1) is 0 Å². The first-order valence-corrected chi connectivity index (χ1v) is 5.52. The normalized spacial score (nSPS) is 14.1. The van der Waals surface area contributed by atoms with Crippen molar-refractivity contribution in [3.63, 3.8) is 0 Å². The Balaban J connectivity index is 2.42. The van der Waals surface area contributed by atoms with Gasteiger partial charge in [-0.05, 0) is 23.3 Å². The molecule has 0 fully saturated rings. The Hall–Kier alpha value is -1.91. The van der Waals surface area contributed by atoms with Crippen LogP contribution in [0.25, 0.3) is 0 Å². The molecule has 0 bridgehead atoms. The summed E-state index contributed by atoms with van der Waals surface area (Å²) >= 11 is 0. The van der Waals surface area contributed by atoms with E-state index in [-0.39, 0.29) is 0 Å². The first-order valence-electron chi connectivity index (χ1n) is 5.52. The van der Waals surface area contributed by atoms with E-state index in [1.54, 1.807) is 14.2 Å². The van der Waals surface area contributed by atoms with Gasteiger partial charge < -0.3 is 9.47 Å². The number of fused-ring (bicyclic) bond motifs is 1. The molecule has 0 aromatic heterocycles. The number of ether oxygens (including phenoxy) is 2. The van der Waals surface area contributed by atoms with E-state index in [1.807, 2.05) is 16.7 Å². The minimum atomic E-state index is 0.366. The minimum absolute atomic E-state index is 0.366. The molecule has 0 aliphatic carbocycles. The fraction of sp³-hybridized carbons (Fsp3) is 0.417. The van der Waals surface area contributed by atoms with Crippen LogP contribution in [0.4, 0.5) is 0 Å². The molecule has 0 radical (unpaired) electrons. The highest BCUT2D eigenvalue weighted by atomic mass is 16.5. The fourth-order valence-electron chi connectivity index (χ4n) is 2.10. The SMILES string of the molecule is COc1cc2c(cc1OC)C[N+](=C(N)N)CC2. The van der Waals surface area contributed by atoms with E-state index < -0.39 is 0 Å². The van der Waals surface area contributed by atoms with Crippen LogP contribution in [-0.2, 0) is 13.0 Å². The summed E-state index contributed by atoms with van der Waals surface area (Å²) in [5.41, 5.74) is 13.7. The smallest absolute Gasteiger partial charge is 0.341 e. The Morgan fingerprint density at radius 3 is 2.24 bits per heavy atom. The fourth-order valence-corrected chi connectivity index (χ4v) is 2.10. The Morgan fingerprint density at radius 2 is 1.71 bits per heavy atom. The number of nitrogens with zero attached hydrogens (tertiary/aromatic N) is 1. The largest absolute Gasteiger partial charge is 0.493 e. The van der Waals surface area contributed by atoms with Crippen molar-refractivity contribution in [2.24, 2.45) is 11.5 Å². The summed E-state index contributed by atoms with van der Waals surface area (Å²) in [5, 5.41) is 0. The molecule has 0 atom stereocenters. The summed E-state index contributed by atoms with van der Waals surface area (Å²) in [6, 6.07) is 4.02. The molecule has 5 nitrogen and oxygen atoms in total. The Morgan fingerprint density at radius 1 is 1.12 bits per heavy atom. The zero-order chi connectivity index (χ0) is 12.4. The summed E-state index contributed by atoms with van der Waals surface area (Å²) in [4.78, 5) is 0. The molecule has 1 heterocycles. The molecule has 17 heavy (non-hydrogen) atoms. The van der Waals surface area contributed by atoms with E-state index in [2.05, 4.69) is 0 Å². The summed E-state index contributed by atoms with van der Waals surface area (Å²) < 4.78 is 12.5. The molecule has 0 saturated heterocycles. The van der Waals surface area contributed by atoms with Crippen molar-refractivity contribution in [1.29, 1.82) is 0 Å². The first kappa shape index (κ1) is 11.6. The molecule has 0 saturated carbocycles. The zero-order valence-electron chi connectivity index (χ0n) is 10.2. The van der Waals surface area contributed by atoms with Crippen molar-refractivity contribution in [1.82, 2.24) is 0 Å². The van der Waals surface area contributed by atoms with Gasteiger partial charge in [0.1, 0.15) is 0 Å². The van der Waals surface area contributed by atoms with Gasteiger partial charge in [0.2, 0.25) is 0 Å². The molecule has 5 heteroatoms. The Bertz CT molecular complexity index is 465. The van der Waals surface area contributed by atoms with Crippen LogP contribution in [0, 0.1) is 0 Å². The van der Waals surface area contributed by atoms with Crippen LogP contribution >= 0.6 is 0 Å². The van der Waals surface area contributed by atoms with Gasteiger partial charge in [-0.1, -0.05) is 0 Å². The lowest BCUT2D eigenvalue weighted by molar-refractivity contribution is -0.549. The van der Waals surface area contributed by atoms with Gasteiger partial charge in [0, 0.05) is 6.42 Å². The van der Waals surface area contributed by atoms with E-state index >= 15 is 0 Å². The van der Waals surface area contributed by atoms with E-state index in [4.69, 9.17) is 20.9 Å². The van der Waals surface area contributed by atoms with E-state index in [1.165, 1.54) is 11.1 Å². The molecule has 0 spiro atoms. The van der Waals surface area contributed by atoms with E-state index in [0.29, 0.717) is 5.96 Å². The Kier molecular flexibility index (Phi) is 3.08. The molecule has 1 aliphatic heterocycles. The van der Waals surface area contributed by atoms with Gasteiger partial charge in [-0.2, -0.15) is 0 Å². The second-order valence-electron chi connectivity index (χ2n) is 4.07. The summed E-state index contributed by atoms with van der Waals surface area (Å²) in [6.07, 6.45) is 0.910. The van der Waals surface area contributed by atoms with Gasteiger partial charge in [-0.3, -0.25) is 16.0 Å². The van der Waals surface area contributed by atoms with Crippen molar-refractivity contribution < 1.29 is 14.0 Å². The van der Waals surface area contributed by atoms with Crippen LogP contribution in [0.5, 0.6) is 11.5 Å². The number of rotatable bonds is 2. The second-order valence-corrected chi connectivity index (χ2v) is 4.07. The van der Waals surface area contributed by atoms with Crippen LogP contribution < -0.4 is 20.9 Å². The molecule has 4 N–H and O–H groups in total.